The topological polar surface area (TPSA) is 21.7 Å². The molecule has 0 saturated carbocycles. The monoisotopic (exact) mass is 275 g/mol. The average molecular weight is 275 g/mol. The molecule has 110 valence electrons. The number of aryl methyl sites for hydroxylation is 1. The quantitative estimate of drug-likeness (QED) is 0.842. The molecular weight excluding hydrogens is 250 g/mol. The van der Waals surface area contributed by atoms with E-state index in [1.165, 1.54) is 12.0 Å². The van der Waals surface area contributed by atoms with Crippen LogP contribution in [0.4, 0.5) is 0 Å². The van der Waals surface area contributed by atoms with E-state index in [1.54, 1.807) is 0 Å². The maximum atomic E-state index is 6.16. The highest BCUT2D eigenvalue weighted by atomic mass is 16.7. The summed E-state index contributed by atoms with van der Waals surface area (Å²) in [5.74, 6) is -0.656. The van der Waals surface area contributed by atoms with E-state index in [-0.39, 0.29) is 5.41 Å². The second kappa shape index (κ2) is 5.14. The molecular formula is C17H25NO2. The van der Waals surface area contributed by atoms with Gasteiger partial charge in [0.05, 0.1) is 13.2 Å². The highest BCUT2D eigenvalue weighted by Gasteiger charge is 2.54. The Balaban J connectivity index is 1.90. The summed E-state index contributed by atoms with van der Waals surface area (Å²) in [7, 11) is 0. The summed E-state index contributed by atoms with van der Waals surface area (Å²) in [6, 6.07) is 8.75. The molecule has 1 aromatic carbocycles. The van der Waals surface area contributed by atoms with Gasteiger partial charge in [0.15, 0.2) is 0 Å². The predicted molar refractivity (Wildman–Crippen MR) is 79.4 cm³/mol. The minimum absolute atomic E-state index is 0.139. The van der Waals surface area contributed by atoms with Crippen molar-refractivity contribution < 1.29 is 9.47 Å². The zero-order valence-electron chi connectivity index (χ0n) is 12.8. The third-order valence-electron chi connectivity index (χ3n) is 4.46. The van der Waals surface area contributed by atoms with E-state index in [0.717, 1.165) is 38.3 Å². The Morgan fingerprint density at radius 1 is 1.10 bits per heavy atom. The van der Waals surface area contributed by atoms with Gasteiger partial charge in [0.1, 0.15) is 0 Å². The Hall–Kier alpha value is -0.900. The molecule has 0 aromatic heterocycles. The van der Waals surface area contributed by atoms with Gasteiger partial charge in [-0.3, -0.25) is 0 Å². The standard InChI is InChI=1S/C17H25NO2/c1-4-6-14-7-9-15(10-8-14)17-18(5-2)11-16(3,12-19-17)13-20-17/h7-10H,4-6,11-13H2,1-3H3. The largest absolute Gasteiger partial charge is 0.333 e. The lowest BCUT2D eigenvalue weighted by Crippen LogP contribution is -2.66. The van der Waals surface area contributed by atoms with Crippen LogP contribution in [0, 0.1) is 5.41 Å². The van der Waals surface area contributed by atoms with Crippen molar-refractivity contribution in [3.8, 4) is 0 Å². The Morgan fingerprint density at radius 3 is 2.30 bits per heavy atom. The van der Waals surface area contributed by atoms with Gasteiger partial charge in [-0.25, -0.2) is 4.90 Å². The molecule has 1 aromatic rings. The summed E-state index contributed by atoms with van der Waals surface area (Å²) in [5.41, 5.74) is 2.65. The fourth-order valence-electron chi connectivity index (χ4n) is 3.31. The lowest BCUT2D eigenvalue weighted by Gasteiger charge is -2.57. The van der Waals surface area contributed by atoms with Crippen LogP contribution in [-0.2, 0) is 21.8 Å². The van der Waals surface area contributed by atoms with E-state index in [9.17, 15) is 0 Å². The van der Waals surface area contributed by atoms with Crippen LogP contribution in [0.1, 0.15) is 38.3 Å². The molecule has 3 fully saturated rings. The maximum absolute atomic E-state index is 6.16. The first kappa shape index (κ1) is 14.1. The molecule has 3 aliphatic heterocycles. The lowest BCUT2D eigenvalue weighted by molar-refractivity contribution is -0.417. The minimum atomic E-state index is -0.656. The van der Waals surface area contributed by atoms with Gasteiger partial charge in [-0.1, -0.05) is 51.5 Å². The van der Waals surface area contributed by atoms with Crippen LogP contribution >= 0.6 is 0 Å². The van der Waals surface area contributed by atoms with Crippen molar-refractivity contribution in [1.82, 2.24) is 4.90 Å². The van der Waals surface area contributed by atoms with E-state index in [2.05, 4.69) is 49.9 Å². The molecule has 3 aliphatic rings. The summed E-state index contributed by atoms with van der Waals surface area (Å²) in [4.78, 5) is 2.31. The van der Waals surface area contributed by atoms with E-state index in [0.29, 0.717) is 0 Å². The van der Waals surface area contributed by atoms with Crippen LogP contribution in [0.2, 0.25) is 0 Å². The van der Waals surface area contributed by atoms with Gasteiger partial charge in [-0.05, 0) is 12.0 Å². The van der Waals surface area contributed by atoms with Crippen molar-refractivity contribution in [2.24, 2.45) is 5.41 Å². The normalized spacial score (nSPS) is 33.5. The summed E-state index contributed by atoms with van der Waals surface area (Å²) >= 11 is 0. The summed E-state index contributed by atoms with van der Waals surface area (Å²) < 4.78 is 12.3. The van der Waals surface area contributed by atoms with E-state index >= 15 is 0 Å². The first-order chi connectivity index (χ1) is 9.62. The van der Waals surface area contributed by atoms with Gasteiger partial charge in [0.2, 0.25) is 0 Å². The molecule has 2 bridgehead atoms. The molecule has 20 heavy (non-hydrogen) atoms. The number of fused-ring (bicyclic) bond motifs is 3. The molecule has 0 spiro atoms. The van der Waals surface area contributed by atoms with Crippen molar-refractivity contribution in [1.29, 1.82) is 0 Å². The third-order valence-corrected chi connectivity index (χ3v) is 4.46. The molecule has 3 heterocycles. The molecule has 3 nitrogen and oxygen atoms in total. The summed E-state index contributed by atoms with van der Waals surface area (Å²) in [5, 5.41) is 0. The first-order valence-electron chi connectivity index (χ1n) is 7.74. The molecule has 0 unspecified atom stereocenters. The number of nitrogens with zero attached hydrogens (tertiary/aromatic N) is 1. The van der Waals surface area contributed by atoms with Crippen molar-refractivity contribution in [2.45, 2.75) is 39.5 Å². The zero-order chi connectivity index (χ0) is 14.2. The highest BCUT2D eigenvalue weighted by Crippen LogP contribution is 2.45. The van der Waals surface area contributed by atoms with Gasteiger partial charge in [-0.2, -0.15) is 0 Å². The Kier molecular flexibility index (Phi) is 3.61. The summed E-state index contributed by atoms with van der Waals surface area (Å²) in [6.07, 6.45) is 2.31. The average Bonchev–Trinajstić information content (AvgIpc) is 2.48. The van der Waals surface area contributed by atoms with Crippen LogP contribution in [0.5, 0.6) is 0 Å². The van der Waals surface area contributed by atoms with Gasteiger partial charge in [-0.15, -0.1) is 0 Å². The van der Waals surface area contributed by atoms with Crippen LogP contribution < -0.4 is 0 Å². The van der Waals surface area contributed by atoms with Crippen molar-refractivity contribution in [2.75, 3.05) is 26.3 Å². The van der Waals surface area contributed by atoms with Gasteiger partial charge in [0, 0.05) is 24.1 Å². The molecule has 0 aliphatic carbocycles. The van der Waals surface area contributed by atoms with Gasteiger partial charge < -0.3 is 9.47 Å². The molecule has 3 heteroatoms. The van der Waals surface area contributed by atoms with E-state index in [1.807, 2.05) is 0 Å². The van der Waals surface area contributed by atoms with Crippen LogP contribution in [-0.4, -0.2) is 31.2 Å². The van der Waals surface area contributed by atoms with Crippen LogP contribution in [0.15, 0.2) is 24.3 Å². The van der Waals surface area contributed by atoms with Crippen molar-refractivity contribution >= 4 is 0 Å². The van der Waals surface area contributed by atoms with E-state index < -0.39 is 5.91 Å². The SMILES string of the molecule is CCCc1ccc(C23OCC(C)(CO2)CN3CC)cc1. The van der Waals surface area contributed by atoms with Crippen molar-refractivity contribution in [3.05, 3.63) is 35.4 Å². The Bertz CT molecular complexity index is 460. The second-order valence-electron chi connectivity index (χ2n) is 6.43. The Labute approximate surface area is 121 Å². The molecule has 0 amide bonds. The molecule has 0 N–H and O–H groups in total. The fourth-order valence-corrected chi connectivity index (χ4v) is 3.31. The Morgan fingerprint density at radius 2 is 1.75 bits per heavy atom. The van der Waals surface area contributed by atoms with Crippen LogP contribution in [0.25, 0.3) is 0 Å². The predicted octanol–water partition coefficient (Wildman–Crippen LogP) is 3.14. The van der Waals surface area contributed by atoms with Crippen molar-refractivity contribution in [3.63, 3.8) is 0 Å². The fraction of sp³-hybridized carbons (Fsp3) is 0.647. The third kappa shape index (κ3) is 2.18. The van der Waals surface area contributed by atoms with Gasteiger partial charge >= 0.3 is 0 Å². The lowest BCUT2D eigenvalue weighted by atomic mass is 9.86. The van der Waals surface area contributed by atoms with Gasteiger partial charge in [0.25, 0.3) is 5.91 Å². The van der Waals surface area contributed by atoms with Crippen LogP contribution in [0.3, 0.4) is 0 Å². The van der Waals surface area contributed by atoms with E-state index in [4.69, 9.17) is 9.47 Å². The highest BCUT2D eigenvalue weighted by molar-refractivity contribution is 5.27. The first-order valence-corrected chi connectivity index (χ1v) is 7.74. The minimum Gasteiger partial charge on any atom is -0.333 e. The molecule has 0 radical (unpaired) electrons. The summed E-state index contributed by atoms with van der Waals surface area (Å²) in [6.45, 7) is 10.2. The second-order valence-corrected chi connectivity index (χ2v) is 6.43. The molecule has 0 atom stereocenters. The number of ether oxygens (including phenoxy) is 2. The number of rotatable bonds is 4. The number of hydrogen-bond donors (Lipinski definition) is 0. The zero-order valence-corrected chi connectivity index (χ0v) is 12.8. The number of benzene rings is 1. The molecule has 4 rings (SSSR count). The maximum Gasteiger partial charge on any atom is 0.258 e. The smallest absolute Gasteiger partial charge is 0.258 e. The number of hydrogen-bond acceptors (Lipinski definition) is 3. The molecule has 3 saturated heterocycles.